The van der Waals surface area contributed by atoms with E-state index < -0.39 is 0 Å². The standard InChI is InChI=1S/C19H25FN2O/c1-13(2)12-22-17-6-7-18(22)9-14(8-17)11-21-19(23)15-4-3-5-16(20)10-15/h3-5,10,14,17-18H,1,6-9,11-12H2,2H3,(H,21,23). The van der Waals surface area contributed by atoms with Crippen LogP contribution in [0.1, 0.15) is 43.0 Å². The Labute approximate surface area is 137 Å². The fourth-order valence-electron chi connectivity index (χ4n) is 4.09. The third kappa shape index (κ3) is 3.81. The molecule has 2 unspecified atom stereocenters. The molecule has 2 fully saturated rings. The van der Waals surface area contributed by atoms with Gasteiger partial charge in [-0.15, -0.1) is 0 Å². The molecule has 1 aromatic rings. The van der Waals surface area contributed by atoms with Gasteiger partial charge in [0.1, 0.15) is 5.82 Å². The van der Waals surface area contributed by atoms with Crippen LogP contribution in [0.3, 0.4) is 0 Å². The molecule has 2 aliphatic rings. The van der Waals surface area contributed by atoms with Crippen molar-refractivity contribution in [1.29, 1.82) is 0 Å². The fraction of sp³-hybridized carbons (Fsp3) is 0.526. The molecular weight excluding hydrogens is 291 g/mol. The Bertz CT molecular complexity index is 587. The molecule has 2 bridgehead atoms. The maximum atomic E-state index is 13.2. The van der Waals surface area contributed by atoms with Crippen LogP contribution < -0.4 is 5.32 Å². The molecule has 3 rings (SSSR count). The molecule has 23 heavy (non-hydrogen) atoms. The minimum absolute atomic E-state index is 0.179. The van der Waals surface area contributed by atoms with E-state index in [1.165, 1.54) is 30.5 Å². The molecule has 1 N–H and O–H groups in total. The minimum atomic E-state index is -0.371. The van der Waals surface area contributed by atoms with E-state index >= 15 is 0 Å². The van der Waals surface area contributed by atoms with E-state index in [2.05, 4.69) is 23.7 Å². The zero-order chi connectivity index (χ0) is 16.4. The van der Waals surface area contributed by atoms with Gasteiger partial charge in [-0.05, 0) is 56.7 Å². The summed E-state index contributed by atoms with van der Waals surface area (Å²) >= 11 is 0. The average molecular weight is 316 g/mol. The van der Waals surface area contributed by atoms with Crippen LogP contribution in [0.4, 0.5) is 4.39 Å². The molecule has 1 amide bonds. The van der Waals surface area contributed by atoms with Crippen LogP contribution in [-0.2, 0) is 0 Å². The molecule has 4 heteroatoms. The number of amides is 1. The lowest BCUT2D eigenvalue weighted by Gasteiger charge is -2.39. The van der Waals surface area contributed by atoms with Crippen LogP contribution in [0.5, 0.6) is 0 Å². The first-order valence-corrected chi connectivity index (χ1v) is 8.47. The van der Waals surface area contributed by atoms with E-state index in [1.54, 1.807) is 12.1 Å². The second-order valence-electron chi connectivity index (χ2n) is 7.07. The zero-order valence-corrected chi connectivity index (χ0v) is 13.7. The van der Waals surface area contributed by atoms with Crippen LogP contribution >= 0.6 is 0 Å². The second kappa shape index (κ2) is 6.83. The lowest BCUT2D eigenvalue weighted by molar-refractivity contribution is 0.0898. The second-order valence-corrected chi connectivity index (χ2v) is 7.07. The Kier molecular flexibility index (Phi) is 4.81. The molecule has 3 nitrogen and oxygen atoms in total. The van der Waals surface area contributed by atoms with Crippen molar-refractivity contribution >= 4 is 5.91 Å². The topological polar surface area (TPSA) is 32.3 Å². The maximum Gasteiger partial charge on any atom is 0.251 e. The molecule has 2 heterocycles. The molecular formula is C19H25FN2O. The van der Waals surface area contributed by atoms with Crippen molar-refractivity contribution in [1.82, 2.24) is 10.2 Å². The summed E-state index contributed by atoms with van der Waals surface area (Å²) in [5.74, 6) is -0.0311. The van der Waals surface area contributed by atoms with Gasteiger partial charge in [0.05, 0.1) is 0 Å². The number of benzene rings is 1. The average Bonchev–Trinajstić information content (AvgIpc) is 2.74. The Morgan fingerprint density at radius 2 is 2.04 bits per heavy atom. The number of nitrogens with one attached hydrogen (secondary N) is 1. The number of hydrogen-bond acceptors (Lipinski definition) is 2. The Morgan fingerprint density at radius 1 is 1.35 bits per heavy atom. The van der Waals surface area contributed by atoms with E-state index in [-0.39, 0.29) is 11.7 Å². The highest BCUT2D eigenvalue weighted by atomic mass is 19.1. The lowest BCUT2D eigenvalue weighted by atomic mass is 9.90. The number of carbonyl (C=O) groups excluding carboxylic acids is 1. The molecule has 0 spiro atoms. The molecule has 0 radical (unpaired) electrons. The van der Waals surface area contributed by atoms with Gasteiger partial charge in [-0.1, -0.05) is 18.2 Å². The number of piperidine rings is 1. The highest BCUT2D eigenvalue weighted by Gasteiger charge is 2.40. The van der Waals surface area contributed by atoms with Crippen LogP contribution in [0.15, 0.2) is 36.4 Å². The minimum Gasteiger partial charge on any atom is -0.352 e. The van der Waals surface area contributed by atoms with Crippen molar-refractivity contribution in [2.24, 2.45) is 5.92 Å². The SMILES string of the molecule is C=C(C)CN1C2CCC1CC(CNC(=O)c1cccc(F)c1)C2. The lowest BCUT2D eigenvalue weighted by Crippen LogP contribution is -2.46. The number of rotatable bonds is 5. The largest absolute Gasteiger partial charge is 0.352 e. The molecule has 1 aromatic carbocycles. The Balaban J connectivity index is 1.53. The summed E-state index contributed by atoms with van der Waals surface area (Å²) in [6.45, 7) is 7.81. The van der Waals surface area contributed by atoms with Crippen molar-refractivity contribution in [2.45, 2.75) is 44.7 Å². The van der Waals surface area contributed by atoms with Crippen LogP contribution in [0.2, 0.25) is 0 Å². The predicted molar refractivity (Wildman–Crippen MR) is 89.8 cm³/mol. The number of hydrogen-bond donors (Lipinski definition) is 1. The van der Waals surface area contributed by atoms with Gasteiger partial charge >= 0.3 is 0 Å². The highest BCUT2D eigenvalue weighted by molar-refractivity contribution is 5.94. The molecule has 0 aliphatic carbocycles. The maximum absolute atomic E-state index is 13.2. The van der Waals surface area contributed by atoms with Crippen LogP contribution in [0, 0.1) is 11.7 Å². The fourth-order valence-corrected chi connectivity index (χ4v) is 4.09. The number of halogens is 1. The summed E-state index contributed by atoms with van der Waals surface area (Å²) < 4.78 is 13.2. The van der Waals surface area contributed by atoms with Gasteiger partial charge in [0.15, 0.2) is 0 Å². The first-order chi connectivity index (χ1) is 11.0. The van der Waals surface area contributed by atoms with Gasteiger partial charge in [-0.25, -0.2) is 4.39 Å². The van der Waals surface area contributed by atoms with Gasteiger partial charge in [-0.2, -0.15) is 0 Å². The van der Waals surface area contributed by atoms with E-state index in [0.29, 0.717) is 30.1 Å². The molecule has 2 aliphatic heterocycles. The molecule has 0 aromatic heterocycles. The zero-order valence-electron chi connectivity index (χ0n) is 13.7. The smallest absolute Gasteiger partial charge is 0.251 e. The van der Waals surface area contributed by atoms with Crippen molar-refractivity contribution < 1.29 is 9.18 Å². The normalized spacial score (nSPS) is 27.0. The van der Waals surface area contributed by atoms with Crippen molar-refractivity contribution in [2.75, 3.05) is 13.1 Å². The van der Waals surface area contributed by atoms with Gasteiger partial charge in [-0.3, -0.25) is 9.69 Å². The number of carbonyl (C=O) groups is 1. The van der Waals surface area contributed by atoms with Crippen molar-refractivity contribution in [3.05, 3.63) is 47.8 Å². The summed E-state index contributed by atoms with van der Waals surface area (Å²) in [6.07, 6.45) is 4.78. The summed E-state index contributed by atoms with van der Waals surface area (Å²) in [5, 5.41) is 2.98. The van der Waals surface area contributed by atoms with Gasteiger partial charge < -0.3 is 5.32 Å². The van der Waals surface area contributed by atoms with Crippen molar-refractivity contribution in [3.63, 3.8) is 0 Å². The molecule has 2 saturated heterocycles. The highest BCUT2D eigenvalue weighted by Crippen LogP contribution is 2.38. The van der Waals surface area contributed by atoms with E-state index in [9.17, 15) is 9.18 Å². The van der Waals surface area contributed by atoms with Gasteiger partial charge in [0.25, 0.3) is 5.91 Å². The monoisotopic (exact) mass is 316 g/mol. The van der Waals surface area contributed by atoms with E-state index in [0.717, 1.165) is 19.4 Å². The van der Waals surface area contributed by atoms with E-state index in [1.807, 2.05) is 0 Å². The van der Waals surface area contributed by atoms with Crippen LogP contribution in [-0.4, -0.2) is 36.0 Å². The molecule has 0 saturated carbocycles. The summed E-state index contributed by atoms with van der Waals surface area (Å²) in [6, 6.07) is 7.11. The summed E-state index contributed by atoms with van der Waals surface area (Å²) in [4.78, 5) is 14.7. The summed E-state index contributed by atoms with van der Waals surface area (Å²) in [5.41, 5.74) is 1.62. The predicted octanol–water partition coefficient (Wildman–Crippen LogP) is 3.37. The third-order valence-corrected chi connectivity index (χ3v) is 5.07. The van der Waals surface area contributed by atoms with Crippen LogP contribution in [0.25, 0.3) is 0 Å². The Hall–Kier alpha value is -1.68. The first kappa shape index (κ1) is 16.2. The first-order valence-electron chi connectivity index (χ1n) is 8.47. The van der Waals surface area contributed by atoms with Crippen molar-refractivity contribution in [3.8, 4) is 0 Å². The molecule has 2 atom stereocenters. The quantitative estimate of drug-likeness (QED) is 0.845. The Morgan fingerprint density at radius 3 is 2.65 bits per heavy atom. The molecule has 124 valence electrons. The van der Waals surface area contributed by atoms with Gasteiger partial charge in [0, 0.05) is 30.7 Å². The van der Waals surface area contributed by atoms with Gasteiger partial charge in [0.2, 0.25) is 0 Å². The van der Waals surface area contributed by atoms with E-state index in [4.69, 9.17) is 0 Å². The number of nitrogens with zero attached hydrogens (tertiary/aromatic N) is 1. The third-order valence-electron chi connectivity index (χ3n) is 5.07. The number of fused-ring (bicyclic) bond motifs is 2. The summed E-state index contributed by atoms with van der Waals surface area (Å²) in [7, 11) is 0.